The summed E-state index contributed by atoms with van der Waals surface area (Å²) in [7, 11) is 0. The van der Waals surface area contributed by atoms with E-state index < -0.39 is 0 Å². The Kier molecular flexibility index (Phi) is 2.14. The Morgan fingerprint density at radius 3 is 2.94 bits per heavy atom. The van der Waals surface area contributed by atoms with E-state index in [2.05, 4.69) is 4.98 Å². The zero-order valence-electron chi connectivity index (χ0n) is 8.99. The molecular formula is C13H11NOS. The van der Waals surface area contributed by atoms with Crippen LogP contribution in [0.5, 0.6) is 0 Å². The monoisotopic (exact) mass is 229 g/mol. The molecule has 0 fully saturated rings. The molecule has 3 heteroatoms. The summed E-state index contributed by atoms with van der Waals surface area (Å²) in [5.41, 5.74) is 2.65. The van der Waals surface area contributed by atoms with Gasteiger partial charge in [0.25, 0.3) is 0 Å². The highest BCUT2D eigenvalue weighted by Gasteiger charge is 2.23. The summed E-state index contributed by atoms with van der Waals surface area (Å²) in [6, 6.07) is 7.85. The second-order valence-corrected chi connectivity index (χ2v) is 5.28. The zero-order valence-corrected chi connectivity index (χ0v) is 9.80. The van der Waals surface area contributed by atoms with E-state index in [1.807, 2.05) is 31.2 Å². The maximum atomic E-state index is 12.3. The maximum absolute atomic E-state index is 12.3. The first-order valence-corrected chi connectivity index (χ1v) is 6.16. The minimum Gasteiger partial charge on any atom is -0.287 e. The number of hydrogen-bond donors (Lipinski definition) is 0. The number of nitrogens with zero attached hydrogens (tertiary/aromatic N) is 1. The van der Waals surface area contributed by atoms with Crippen LogP contribution in [0.15, 0.2) is 24.3 Å². The van der Waals surface area contributed by atoms with Gasteiger partial charge in [-0.15, -0.1) is 11.3 Å². The van der Waals surface area contributed by atoms with Crippen LogP contribution in [0.3, 0.4) is 0 Å². The molecule has 0 spiro atoms. The van der Waals surface area contributed by atoms with Crippen LogP contribution in [-0.4, -0.2) is 10.8 Å². The fourth-order valence-corrected chi connectivity index (χ4v) is 3.08. The van der Waals surface area contributed by atoms with Crippen LogP contribution >= 0.6 is 11.3 Å². The predicted molar refractivity (Wildman–Crippen MR) is 64.1 cm³/mol. The molecule has 1 aliphatic rings. The van der Waals surface area contributed by atoms with Crippen molar-refractivity contribution in [2.24, 2.45) is 0 Å². The van der Waals surface area contributed by atoms with Crippen molar-refractivity contribution in [2.75, 3.05) is 0 Å². The molecule has 0 bridgehead atoms. The molecule has 0 aliphatic heterocycles. The molecule has 0 N–H and O–H groups in total. The van der Waals surface area contributed by atoms with Gasteiger partial charge < -0.3 is 0 Å². The molecule has 0 unspecified atom stereocenters. The average Bonchev–Trinajstić information content (AvgIpc) is 2.62. The first kappa shape index (κ1) is 9.73. The molecule has 0 atom stereocenters. The number of thiazole rings is 1. The lowest BCUT2D eigenvalue weighted by atomic mass is 10.0. The van der Waals surface area contributed by atoms with Crippen molar-refractivity contribution in [3.05, 3.63) is 51.0 Å². The summed E-state index contributed by atoms with van der Waals surface area (Å²) in [5.74, 6) is 0.0902. The molecular weight excluding hydrogens is 218 g/mol. The van der Waals surface area contributed by atoms with E-state index in [0.717, 1.165) is 33.9 Å². The second kappa shape index (κ2) is 3.52. The Hall–Kier alpha value is -1.48. The van der Waals surface area contributed by atoms with E-state index >= 15 is 0 Å². The van der Waals surface area contributed by atoms with Gasteiger partial charge in [-0.25, -0.2) is 4.98 Å². The van der Waals surface area contributed by atoms with Gasteiger partial charge in [-0.1, -0.05) is 24.3 Å². The van der Waals surface area contributed by atoms with Crippen molar-refractivity contribution in [1.29, 1.82) is 0 Å². The number of ketones is 1. The molecule has 0 radical (unpaired) electrons. The smallest absolute Gasteiger partial charge is 0.212 e. The van der Waals surface area contributed by atoms with E-state index in [-0.39, 0.29) is 5.78 Å². The SMILES string of the molecule is Cc1nc2c(s1)CCc1ccccc1C2=O. The Bertz CT molecular complexity index is 571. The topological polar surface area (TPSA) is 30.0 Å². The molecule has 1 aromatic heterocycles. The van der Waals surface area contributed by atoms with Crippen molar-refractivity contribution in [3.63, 3.8) is 0 Å². The normalized spacial score (nSPS) is 14.2. The molecule has 1 aliphatic carbocycles. The summed E-state index contributed by atoms with van der Waals surface area (Å²) < 4.78 is 0. The highest BCUT2D eigenvalue weighted by molar-refractivity contribution is 7.11. The maximum Gasteiger partial charge on any atom is 0.212 e. The average molecular weight is 229 g/mol. The minimum absolute atomic E-state index is 0.0902. The number of benzene rings is 1. The lowest BCUT2D eigenvalue weighted by Crippen LogP contribution is -2.04. The summed E-state index contributed by atoms with van der Waals surface area (Å²) in [6.07, 6.45) is 1.88. The third-order valence-corrected chi connectivity index (χ3v) is 3.93. The zero-order chi connectivity index (χ0) is 11.1. The molecule has 16 heavy (non-hydrogen) atoms. The third-order valence-electron chi connectivity index (χ3n) is 2.90. The van der Waals surface area contributed by atoms with Gasteiger partial charge in [0.05, 0.1) is 5.01 Å². The Morgan fingerprint density at radius 2 is 2.06 bits per heavy atom. The van der Waals surface area contributed by atoms with Crippen molar-refractivity contribution >= 4 is 17.1 Å². The lowest BCUT2D eigenvalue weighted by Gasteiger charge is -2.02. The molecule has 1 heterocycles. The number of rotatable bonds is 0. The quantitative estimate of drug-likeness (QED) is 0.695. The molecule has 0 saturated carbocycles. The van der Waals surface area contributed by atoms with Crippen LogP contribution in [0.25, 0.3) is 0 Å². The summed E-state index contributed by atoms with van der Waals surface area (Å²) in [5, 5.41) is 0.984. The van der Waals surface area contributed by atoms with Crippen LogP contribution in [0.2, 0.25) is 0 Å². The van der Waals surface area contributed by atoms with Crippen LogP contribution in [0.4, 0.5) is 0 Å². The van der Waals surface area contributed by atoms with Crippen molar-refractivity contribution in [3.8, 4) is 0 Å². The summed E-state index contributed by atoms with van der Waals surface area (Å²) in [4.78, 5) is 17.8. The van der Waals surface area contributed by atoms with E-state index in [1.165, 1.54) is 0 Å². The summed E-state index contributed by atoms with van der Waals surface area (Å²) in [6.45, 7) is 1.96. The van der Waals surface area contributed by atoms with Gasteiger partial charge in [0.1, 0.15) is 5.69 Å². The highest BCUT2D eigenvalue weighted by Crippen LogP contribution is 2.27. The van der Waals surface area contributed by atoms with E-state index in [1.54, 1.807) is 11.3 Å². The second-order valence-electron chi connectivity index (χ2n) is 3.99. The standard InChI is InChI=1S/C13H11NOS/c1-8-14-12-11(16-8)7-6-9-4-2-3-5-10(9)13(12)15/h2-5H,6-7H2,1H3. The largest absolute Gasteiger partial charge is 0.287 e. The first-order chi connectivity index (χ1) is 7.75. The van der Waals surface area contributed by atoms with Gasteiger partial charge in [0.15, 0.2) is 0 Å². The molecule has 1 aromatic carbocycles. The molecule has 2 nitrogen and oxygen atoms in total. The fourth-order valence-electron chi connectivity index (χ4n) is 2.15. The molecule has 3 rings (SSSR count). The van der Waals surface area contributed by atoms with Gasteiger partial charge in [-0.3, -0.25) is 4.79 Å². The van der Waals surface area contributed by atoms with Gasteiger partial charge in [0.2, 0.25) is 5.78 Å². The highest BCUT2D eigenvalue weighted by atomic mass is 32.1. The van der Waals surface area contributed by atoms with Crippen LogP contribution in [0.1, 0.15) is 31.5 Å². The predicted octanol–water partition coefficient (Wildman–Crippen LogP) is 2.78. The Labute approximate surface area is 98.0 Å². The van der Waals surface area contributed by atoms with E-state index in [0.29, 0.717) is 5.69 Å². The van der Waals surface area contributed by atoms with Gasteiger partial charge in [0, 0.05) is 10.4 Å². The number of carbonyl (C=O) groups excluding carboxylic acids is 1. The van der Waals surface area contributed by atoms with Gasteiger partial charge >= 0.3 is 0 Å². The number of hydrogen-bond acceptors (Lipinski definition) is 3. The van der Waals surface area contributed by atoms with Crippen molar-refractivity contribution < 1.29 is 4.79 Å². The fraction of sp³-hybridized carbons (Fsp3) is 0.231. The van der Waals surface area contributed by atoms with Crippen LogP contribution < -0.4 is 0 Å². The lowest BCUT2D eigenvalue weighted by molar-refractivity contribution is 0.103. The minimum atomic E-state index is 0.0902. The molecule has 0 amide bonds. The van der Waals surface area contributed by atoms with Crippen LogP contribution in [-0.2, 0) is 12.8 Å². The third kappa shape index (κ3) is 1.39. The number of aryl methyl sites for hydroxylation is 3. The molecule has 80 valence electrons. The van der Waals surface area contributed by atoms with Gasteiger partial charge in [-0.05, 0) is 25.3 Å². The number of fused-ring (bicyclic) bond motifs is 2. The van der Waals surface area contributed by atoms with E-state index in [4.69, 9.17) is 0 Å². The Morgan fingerprint density at radius 1 is 1.25 bits per heavy atom. The molecule has 0 saturated heterocycles. The van der Waals surface area contributed by atoms with Crippen LogP contribution in [0, 0.1) is 6.92 Å². The van der Waals surface area contributed by atoms with Crippen molar-refractivity contribution in [1.82, 2.24) is 4.98 Å². The van der Waals surface area contributed by atoms with E-state index in [9.17, 15) is 4.79 Å². The first-order valence-electron chi connectivity index (χ1n) is 5.34. The summed E-state index contributed by atoms with van der Waals surface area (Å²) >= 11 is 1.65. The molecule has 2 aromatic rings. The number of aromatic nitrogens is 1. The number of carbonyl (C=O) groups is 1. The van der Waals surface area contributed by atoms with Crippen molar-refractivity contribution in [2.45, 2.75) is 19.8 Å². The van der Waals surface area contributed by atoms with Gasteiger partial charge in [-0.2, -0.15) is 0 Å². The Balaban J connectivity index is 2.21.